The van der Waals surface area contributed by atoms with Gasteiger partial charge in [0.2, 0.25) is 0 Å². The van der Waals surface area contributed by atoms with Crippen molar-refractivity contribution < 1.29 is 33.8 Å². The van der Waals surface area contributed by atoms with Crippen molar-refractivity contribution in [3.63, 3.8) is 0 Å². The smallest absolute Gasteiger partial charge is 0.328 e. The highest BCUT2D eigenvalue weighted by Gasteiger charge is 2.22. The van der Waals surface area contributed by atoms with E-state index < -0.39 is 18.0 Å². The van der Waals surface area contributed by atoms with E-state index in [1.807, 2.05) is 33.3 Å². The van der Waals surface area contributed by atoms with Crippen molar-refractivity contribution in [1.82, 2.24) is 0 Å². The largest absolute Gasteiger partial charge is 0.550 e. The summed E-state index contributed by atoms with van der Waals surface area (Å²) >= 11 is 0. The van der Waals surface area contributed by atoms with Crippen molar-refractivity contribution in [2.24, 2.45) is 0 Å². The summed E-state index contributed by atoms with van der Waals surface area (Å²) in [5.74, 6) is -2.55. The highest BCUT2D eigenvalue weighted by molar-refractivity contribution is 5.80. The lowest BCUT2D eigenvalue weighted by atomic mass is 10.1. The van der Waals surface area contributed by atoms with Crippen LogP contribution in [0.5, 0.6) is 0 Å². The van der Waals surface area contributed by atoms with Crippen molar-refractivity contribution >= 4 is 17.9 Å². The van der Waals surface area contributed by atoms with Crippen LogP contribution in [-0.2, 0) is 19.1 Å². The Balaban J connectivity index is 3.90. The predicted molar refractivity (Wildman–Crippen MR) is 105 cm³/mol. The Morgan fingerprint density at radius 1 is 1.00 bits per heavy atom. The molecule has 0 radical (unpaired) electrons. The molecule has 28 heavy (non-hydrogen) atoms. The Kier molecular flexibility index (Phi) is 13.4. The second-order valence-electron chi connectivity index (χ2n) is 7.62. The average molecular weight is 395 g/mol. The van der Waals surface area contributed by atoms with E-state index in [0.29, 0.717) is 17.4 Å². The summed E-state index contributed by atoms with van der Waals surface area (Å²) in [6.45, 7) is 0.423. The maximum absolute atomic E-state index is 11.9. The minimum absolute atomic E-state index is 0.284. The number of aliphatic carboxylic acids is 2. The summed E-state index contributed by atoms with van der Waals surface area (Å²) in [6, 6.07) is 0. The molecule has 0 aromatic carbocycles. The van der Waals surface area contributed by atoms with Gasteiger partial charge in [0.15, 0.2) is 6.10 Å². The minimum Gasteiger partial charge on any atom is -0.550 e. The van der Waals surface area contributed by atoms with Gasteiger partial charge in [0.05, 0.1) is 21.1 Å². The number of ether oxygens (including phenoxy) is 1. The van der Waals surface area contributed by atoms with E-state index in [1.54, 1.807) is 12.2 Å². The van der Waals surface area contributed by atoms with Crippen molar-refractivity contribution in [3.8, 4) is 0 Å². The molecule has 1 atom stereocenters. The van der Waals surface area contributed by atoms with Gasteiger partial charge in [-0.25, -0.2) is 4.79 Å². The van der Waals surface area contributed by atoms with E-state index in [1.165, 1.54) is 6.08 Å². The first-order chi connectivity index (χ1) is 13.1. The number of carbonyl (C=O) groups is 3. The van der Waals surface area contributed by atoms with Crippen LogP contribution >= 0.6 is 0 Å². The molecule has 0 spiro atoms. The zero-order chi connectivity index (χ0) is 21.4. The van der Waals surface area contributed by atoms with E-state index in [4.69, 9.17) is 9.84 Å². The molecule has 0 fully saturated rings. The van der Waals surface area contributed by atoms with Gasteiger partial charge in [-0.3, -0.25) is 4.79 Å². The topological polar surface area (TPSA) is 104 Å². The zero-order valence-corrected chi connectivity index (χ0v) is 17.1. The summed E-state index contributed by atoms with van der Waals surface area (Å²) in [5, 5.41) is 19.2. The number of hydrogen-bond donors (Lipinski definition) is 1. The molecule has 7 nitrogen and oxygen atoms in total. The van der Waals surface area contributed by atoms with Crippen molar-refractivity contribution in [1.29, 1.82) is 0 Å². The molecule has 0 bridgehead atoms. The molecule has 1 N–H and O–H groups in total. The number of nitrogens with zero attached hydrogens (tertiary/aromatic N) is 1. The number of hydrogen-bond acceptors (Lipinski definition) is 5. The van der Waals surface area contributed by atoms with Gasteiger partial charge in [-0.1, -0.05) is 43.2 Å². The number of likely N-dealkylation sites (N-methyl/N-ethyl adjacent to an activating group) is 1. The second-order valence-corrected chi connectivity index (χ2v) is 7.62. The third-order valence-corrected chi connectivity index (χ3v) is 3.65. The Labute approximate surface area is 167 Å². The van der Waals surface area contributed by atoms with E-state index in [0.717, 1.165) is 31.8 Å². The van der Waals surface area contributed by atoms with E-state index in [-0.39, 0.29) is 18.8 Å². The summed E-state index contributed by atoms with van der Waals surface area (Å²) < 4.78 is 5.81. The number of quaternary nitrogens is 1. The highest BCUT2D eigenvalue weighted by Crippen LogP contribution is 2.10. The number of rotatable bonds is 15. The van der Waals surface area contributed by atoms with Crippen LogP contribution in [0.3, 0.4) is 0 Å². The quantitative estimate of drug-likeness (QED) is 0.149. The van der Waals surface area contributed by atoms with Gasteiger partial charge in [-0.15, -0.1) is 0 Å². The van der Waals surface area contributed by atoms with Crippen molar-refractivity contribution in [3.05, 3.63) is 36.5 Å². The monoisotopic (exact) mass is 395 g/mol. The highest BCUT2D eigenvalue weighted by atomic mass is 16.5. The number of carbonyl (C=O) groups excluding carboxylic acids is 2. The lowest BCUT2D eigenvalue weighted by molar-refractivity contribution is -0.873. The van der Waals surface area contributed by atoms with Crippen LogP contribution in [-0.4, -0.2) is 61.3 Å². The average Bonchev–Trinajstić information content (AvgIpc) is 2.53. The summed E-state index contributed by atoms with van der Waals surface area (Å²) in [4.78, 5) is 33.0. The molecule has 0 aliphatic carbocycles. The number of carboxylic acid groups (broad SMARTS) is 2. The zero-order valence-electron chi connectivity index (χ0n) is 17.1. The SMILES string of the molecule is C[N+](C)(C)CC(CC(=O)[O-])OC(=O)CCCCCC/C=C/C=C/C=C/C(=O)O. The minimum atomic E-state index is -1.22. The van der Waals surface area contributed by atoms with E-state index >= 15 is 0 Å². The van der Waals surface area contributed by atoms with Gasteiger partial charge in [0.25, 0.3) is 0 Å². The fraction of sp³-hybridized carbons (Fsp3) is 0.571. The first-order valence-electron chi connectivity index (χ1n) is 9.52. The third-order valence-electron chi connectivity index (χ3n) is 3.65. The van der Waals surface area contributed by atoms with Crippen molar-refractivity contribution in [2.45, 2.75) is 51.0 Å². The van der Waals surface area contributed by atoms with Crippen LogP contribution in [0.4, 0.5) is 0 Å². The van der Waals surface area contributed by atoms with Gasteiger partial charge in [-0.2, -0.15) is 0 Å². The van der Waals surface area contributed by atoms with Gasteiger partial charge in [0.1, 0.15) is 6.54 Å². The van der Waals surface area contributed by atoms with Crippen LogP contribution in [0, 0.1) is 0 Å². The number of carboxylic acids is 2. The first kappa shape index (κ1) is 25.6. The lowest BCUT2D eigenvalue weighted by Crippen LogP contribution is -2.45. The van der Waals surface area contributed by atoms with Crippen LogP contribution in [0.1, 0.15) is 44.9 Å². The standard InChI is InChI=1S/C21H33NO6/c1-22(2,3)17-18(16-20(25)26)28-21(27)15-13-11-9-7-5-4-6-8-10-12-14-19(23)24/h4,6,8,10,12,14,18H,5,7,9,11,13,15-17H2,1-3H3,(H-,23,24,25,26)/b6-4+,10-8+,14-12+. The molecule has 158 valence electrons. The fourth-order valence-corrected chi connectivity index (χ4v) is 2.51. The van der Waals surface area contributed by atoms with Gasteiger partial charge in [-0.05, 0) is 19.3 Å². The Morgan fingerprint density at radius 3 is 2.25 bits per heavy atom. The van der Waals surface area contributed by atoms with Crippen LogP contribution in [0.15, 0.2) is 36.5 Å². The van der Waals surface area contributed by atoms with Crippen LogP contribution in [0.25, 0.3) is 0 Å². The molecule has 0 heterocycles. The molecule has 0 amide bonds. The number of unbranched alkanes of at least 4 members (excludes halogenated alkanes) is 4. The maximum Gasteiger partial charge on any atom is 0.328 e. The fourth-order valence-electron chi connectivity index (χ4n) is 2.51. The van der Waals surface area contributed by atoms with Crippen LogP contribution in [0.2, 0.25) is 0 Å². The van der Waals surface area contributed by atoms with Gasteiger partial charge >= 0.3 is 11.9 Å². The molecule has 0 rings (SSSR count). The Morgan fingerprint density at radius 2 is 1.64 bits per heavy atom. The lowest BCUT2D eigenvalue weighted by Gasteiger charge is -2.29. The third kappa shape index (κ3) is 18.4. The molecule has 0 saturated carbocycles. The van der Waals surface area contributed by atoms with E-state index in [9.17, 15) is 19.5 Å². The summed E-state index contributed by atoms with van der Waals surface area (Å²) in [6.07, 6.45) is 13.7. The molecule has 7 heteroatoms. The Hall–Kier alpha value is -2.41. The maximum atomic E-state index is 11.9. The van der Waals surface area contributed by atoms with E-state index in [2.05, 4.69) is 0 Å². The summed E-state index contributed by atoms with van der Waals surface area (Å²) in [5.41, 5.74) is 0. The molecular formula is C21H33NO6. The molecule has 0 aliphatic heterocycles. The van der Waals surface area contributed by atoms with Crippen LogP contribution < -0.4 is 5.11 Å². The first-order valence-corrected chi connectivity index (χ1v) is 9.52. The molecular weight excluding hydrogens is 362 g/mol. The number of esters is 1. The molecule has 0 aliphatic rings. The predicted octanol–water partition coefficient (Wildman–Crippen LogP) is 1.84. The van der Waals surface area contributed by atoms with Gasteiger partial charge in [0, 0.05) is 24.9 Å². The molecule has 1 unspecified atom stereocenters. The summed E-state index contributed by atoms with van der Waals surface area (Å²) in [7, 11) is 5.73. The molecule has 0 aromatic heterocycles. The molecule has 0 aromatic rings. The van der Waals surface area contributed by atoms with Gasteiger partial charge < -0.3 is 24.2 Å². The second kappa shape index (κ2) is 14.6. The number of allylic oxidation sites excluding steroid dienone is 5. The van der Waals surface area contributed by atoms with Crippen molar-refractivity contribution in [2.75, 3.05) is 27.7 Å². The molecule has 0 saturated heterocycles. The normalized spacial score (nSPS) is 13.4. The Bertz CT molecular complexity index is 572.